The Kier molecular flexibility index (Phi) is 10.4. The molecule has 3 rings (SSSR count). The van der Waals surface area contributed by atoms with Gasteiger partial charge < -0.3 is 25.4 Å². The molecule has 0 radical (unpaired) electrons. The Balaban J connectivity index is 0.00000320. The van der Waals surface area contributed by atoms with Gasteiger partial charge in [-0.15, -0.1) is 24.0 Å². The van der Waals surface area contributed by atoms with Crippen LogP contribution >= 0.6 is 24.0 Å². The predicted octanol–water partition coefficient (Wildman–Crippen LogP) is 3.59. The molecule has 0 bridgehead atoms. The van der Waals surface area contributed by atoms with Gasteiger partial charge in [0.15, 0.2) is 5.96 Å². The van der Waals surface area contributed by atoms with E-state index >= 15 is 0 Å². The van der Waals surface area contributed by atoms with E-state index in [9.17, 15) is 13.9 Å². The highest BCUT2D eigenvalue weighted by Gasteiger charge is 2.25. The van der Waals surface area contributed by atoms with Gasteiger partial charge in [0.25, 0.3) is 0 Å². The van der Waals surface area contributed by atoms with Crippen molar-refractivity contribution in [3.63, 3.8) is 0 Å². The van der Waals surface area contributed by atoms with Gasteiger partial charge in [-0.3, -0.25) is 4.99 Å². The van der Waals surface area contributed by atoms with Crippen molar-refractivity contribution in [3.05, 3.63) is 24.3 Å². The van der Waals surface area contributed by atoms with Crippen LogP contribution in [0.2, 0.25) is 0 Å². The molecule has 1 aliphatic carbocycles. The highest BCUT2D eigenvalue weighted by molar-refractivity contribution is 14.0. The van der Waals surface area contributed by atoms with Gasteiger partial charge in [0, 0.05) is 43.8 Å². The first-order valence-corrected chi connectivity index (χ1v) is 10.6. The van der Waals surface area contributed by atoms with E-state index in [1.54, 1.807) is 12.1 Å². The van der Waals surface area contributed by atoms with E-state index in [4.69, 9.17) is 4.99 Å². The zero-order valence-electron chi connectivity index (χ0n) is 17.4. The molecule has 3 N–H and O–H groups in total. The second-order valence-electron chi connectivity index (χ2n) is 7.78. The fourth-order valence-electron chi connectivity index (χ4n) is 4.12. The molecule has 170 valence electrons. The van der Waals surface area contributed by atoms with Crippen LogP contribution in [0.25, 0.3) is 0 Å². The number of hydrogen-bond acceptors (Lipinski definition) is 4. The Morgan fingerprint density at radius 2 is 2.00 bits per heavy atom. The zero-order valence-corrected chi connectivity index (χ0v) is 19.7. The van der Waals surface area contributed by atoms with Gasteiger partial charge in [0.05, 0.1) is 6.10 Å². The summed E-state index contributed by atoms with van der Waals surface area (Å²) in [6.45, 7) is 2.39. The summed E-state index contributed by atoms with van der Waals surface area (Å²) in [6.07, 6.45) is 4.83. The number of hydrogen-bond donors (Lipinski definition) is 3. The van der Waals surface area contributed by atoms with Crippen molar-refractivity contribution in [1.29, 1.82) is 0 Å². The maximum atomic E-state index is 12.3. The molecule has 0 spiro atoms. The minimum absolute atomic E-state index is 0. The van der Waals surface area contributed by atoms with Crippen LogP contribution in [-0.4, -0.2) is 56.0 Å². The van der Waals surface area contributed by atoms with Crippen LogP contribution in [0.4, 0.5) is 14.5 Å². The largest absolute Gasteiger partial charge is 0.435 e. The molecule has 1 heterocycles. The Morgan fingerprint density at radius 1 is 1.23 bits per heavy atom. The number of alkyl halides is 2. The number of piperidine rings is 1. The van der Waals surface area contributed by atoms with Gasteiger partial charge in [0.1, 0.15) is 5.75 Å². The lowest BCUT2D eigenvalue weighted by molar-refractivity contribution is -0.0498. The fourth-order valence-corrected chi connectivity index (χ4v) is 4.12. The van der Waals surface area contributed by atoms with E-state index in [-0.39, 0.29) is 47.8 Å². The third-order valence-corrected chi connectivity index (χ3v) is 5.64. The molecular formula is C21H33F2IN4O2. The highest BCUT2D eigenvalue weighted by Crippen LogP contribution is 2.26. The summed E-state index contributed by atoms with van der Waals surface area (Å²) in [7, 11) is 0. The molecule has 1 aliphatic heterocycles. The number of nitrogens with zero attached hydrogens (tertiary/aromatic N) is 2. The number of guanidine groups is 1. The molecule has 2 fully saturated rings. The van der Waals surface area contributed by atoms with Crippen LogP contribution in [0.15, 0.2) is 29.3 Å². The van der Waals surface area contributed by atoms with E-state index in [1.807, 2.05) is 19.1 Å². The maximum Gasteiger partial charge on any atom is 0.387 e. The van der Waals surface area contributed by atoms with Crippen LogP contribution in [0.1, 0.15) is 39.0 Å². The molecule has 1 aromatic rings. The van der Waals surface area contributed by atoms with Crippen molar-refractivity contribution in [3.8, 4) is 5.75 Å². The summed E-state index contributed by atoms with van der Waals surface area (Å²) in [6, 6.07) is 7.04. The summed E-state index contributed by atoms with van der Waals surface area (Å²) in [5, 5.41) is 16.8. The van der Waals surface area contributed by atoms with Gasteiger partial charge in [-0.1, -0.05) is 6.42 Å². The summed E-state index contributed by atoms with van der Waals surface area (Å²) in [4.78, 5) is 6.95. The summed E-state index contributed by atoms with van der Waals surface area (Å²) in [5.41, 5.74) is 0.995. The molecule has 1 saturated carbocycles. The molecule has 0 aromatic heterocycles. The smallest absolute Gasteiger partial charge is 0.387 e. The van der Waals surface area contributed by atoms with E-state index in [2.05, 4.69) is 20.3 Å². The number of aliphatic hydroxyl groups excluding tert-OH is 1. The first kappa shape index (κ1) is 24.9. The Bertz CT molecular complexity index is 663. The number of ether oxygens (including phenoxy) is 1. The second kappa shape index (κ2) is 12.5. The van der Waals surface area contributed by atoms with Gasteiger partial charge in [0.2, 0.25) is 0 Å². The topological polar surface area (TPSA) is 69.1 Å². The molecule has 1 aromatic carbocycles. The Morgan fingerprint density at radius 3 is 2.63 bits per heavy atom. The zero-order chi connectivity index (χ0) is 20.6. The van der Waals surface area contributed by atoms with Crippen molar-refractivity contribution < 1.29 is 18.6 Å². The second-order valence-corrected chi connectivity index (χ2v) is 7.78. The standard InChI is InChI=1S/C21H32F2N4O2.HI/c1-2-24-21(25-13-15-5-3-7-19(15)28)26-16-6-4-12-27(14-16)17-8-10-18(11-9-17)29-20(22)23;/h8-11,15-16,19-20,28H,2-7,12-14H2,1H3,(H2,24,25,26);1H. The minimum Gasteiger partial charge on any atom is -0.435 e. The monoisotopic (exact) mass is 538 g/mol. The SMILES string of the molecule is CCNC(=NCC1CCCC1O)NC1CCCN(c2ccc(OC(F)F)cc2)C1.I. The minimum atomic E-state index is -2.81. The van der Waals surface area contributed by atoms with Gasteiger partial charge in [-0.25, -0.2) is 0 Å². The lowest BCUT2D eigenvalue weighted by Crippen LogP contribution is -2.51. The van der Waals surface area contributed by atoms with Crippen LogP contribution in [-0.2, 0) is 0 Å². The number of nitrogens with one attached hydrogen (secondary N) is 2. The number of halogens is 3. The Labute approximate surface area is 194 Å². The summed E-state index contributed by atoms with van der Waals surface area (Å²) >= 11 is 0. The third-order valence-electron chi connectivity index (χ3n) is 5.64. The van der Waals surface area contributed by atoms with E-state index in [0.717, 1.165) is 63.4 Å². The van der Waals surface area contributed by atoms with Gasteiger partial charge >= 0.3 is 6.61 Å². The molecular weight excluding hydrogens is 505 g/mol. The van der Waals surface area contributed by atoms with Crippen LogP contribution in [0, 0.1) is 5.92 Å². The molecule has 3 unspecified atom stereocenters. The van der Waals surface area contributed by atoms with Gasteiger partial charge in [-0.05, 0) is 56.9 Å². The average molecular weight is 538 g/mol. The highest BCUT2D eigenvalue weighted by atomic mass is 127. The van der Waals surface area contributed by atoms with E-state index < -0.39 is 6.61 Å². The number of aliphatic imine (C=N–C) groups is 1. The lowest BCUT2D eigenvalue weighted by atomic mass is 10.0. The first-order valence-electron chi connectivity index (χ1n) is 10.6. The lowest BCUT2D eigenvalue weighted by Gasteiger charge is -2.35. The van der Waals surface area contributed by atoms with Crippen LogP contribution in [0.5, 0.6) is 5.75 Å². The third kappa shape index (κ3) is 7.40. The van der Waals surface area contributed by atoms with Crippen molar-refractivity contribution in [2.75, 3.05) is 31.1 Å². The molecule has 6 nitrogen and oxygen atoms in total. The Hall–Kier alpha value is -1.36. The molecule has 1 saturated heterocycles. The van der Waals surface area contributed by atoms with E-state index in [1.165, 1.54) is 0 Å². The first-order chi connectivity index (χ1) is 14.0. The normalized spacial score (nSPS) is 24.5. The predicted molar refractivity (Wildman–Crippen MR) is 126 cm³/mol. The fraction of sp³-hybridized carbons (Fsp3) is 0.667. The van der Waals surface area contributed by atoms with Crippen molar-refractivity contribution in [1.82, 2.24) is 10.6 Å². The number of anilines is 1. The average Bonchev–Trinajstić information content (AvgIpc) is 3.11. The molecule has 2 aliphatic rings. The number of aliphatic hydroxyl groups is 1. The quantitative estimate of drug-likeness (QED) is 0.282. The van der Waals surface area contributed by atoms with Crippen LogP contribution < -0.4 is 20.3 Å². The summed E-state index contributed by atoms with van der Waals surface area (Å²) in [5.74, 6) is 1.22. The number of rotatable bonds is 7. The maximum absolute atomic E-state index is 12.3. The van der Waals surface area contributed by atoms with Crippen molar-refractivity contribution in [2.45, 2.75) is 57.8 Å². The molecule has 9 heteroatoms. The molecule has 0 amide bonds. The van der Waals surface area contributed by atoms with Gasteiger partial charge in [-0.2, -0.15) is 8.78 Å². The van der Waals surface area contributed by atoms with Crippen LogP contribution in [0.3, 0.4) is 0 Å². The molecule has 30 heavy (non-hydrogen) atoms. The molecule has 3 atom stereocenters. The number of benzene rings is 1. The van der Waals surface area contributed by atoms with Crippen molar-refractivity contribution >= 4 is 35.6 Å². The van der Waals surface area contributed by atoms with Crippen molar-refractivity contribution in [2.24, 2.45) is 10.9 Å². The summed E-state index contributed by atoms with van der Waals surface area (Å²) < 4.78 is 29.1. The van der Waals surface area contributed by atoms with E-state index in [0.29, 0.717) is 6.54 Å².